The van der Waals surface area contributed by atoms with Crippen LogP contribution >= 0.6 is 0 Å². The largest absolute Gasteiger partial charge is 0.493 e. The van der Waals surface area contributed by atoms with E-state index in [1.54, 1.807) is 0 Å². The highest BCUT2D eigenvalue weighted by molar-refractivity contribution is 5.59. The lowest BCUT2D eigenvalue weighted by Crippen LogP contribution is -2.05. The van der Waals surface area contributed by atoms with Gasteiger partial charge in [0.25, 0.3) is 0 Å². The molecule has 1 aromatic carbocycles. The highest BCUT2D eigenvalue weighted by Crippen LogP contribution is 2.22. The predicted octanol–water partition coefficient (Wildman–Crippen LogP) is 3.52. The van der Waals surface area contributed by atoms with E-state index >= 15 is 0 Å². The van der Waals surface area contributed by atoms with Crippen LogP contribution in [0.3, 0.4) is 0 Å². The fraction of sp³-hybridized carbons (Fsp3) is 0.571. The van der Waals surface area contributed by atoms with Crippen LogP contribution in [0.4, 0.5) is 11.4 Å². The molecule has 0 saturated heterocycles. The van der Waals surface area contributed by atoms with Crippen LogP contribution in [0.1, 0.15) is 33.6 Å². The summed E-state index contributed by atoms with van der Waals surface area (Å²) < 4.78 is 5.58. The standard InChI is InChI=1S/C14H24N2O/c1-4-7-17-14-9-12(15)8-13(10-14)16-6-5-11(2)3/h8-11,16H,4-7,15H2,1-3H3. The number of hydrogen-bond acceptors (Lipinski definition) is 3. The molecule has 1 aromatic rings. The molecule has 96 valence electrons. The highest BCUT2D eigenvalue weighted by Gasteiger charge is 2.00. The third kappa shape index (κ3) is 5.48. The Morgan fingerprint density at radius 3 is 2.71 bits per heavy atom. The molecule has 0 radical (unpaired) electrons. The fourth-order valence-electron chi connectivity index (χ4n) is 1.53. The number of ether oxygens (including phenoxy) is 1. The van der Waals surface area contributed by atoms with Gasteiger partial charge in [0.2, 0.25) is 0 Å². The summed E-state index contributed by atoms with van der Waals surface area (Å²) in [6, 6.07) is 5.81. The first-order valence-corrected chi connectivity index (χ1v) is 6.39. The molecule has 0 fully saturated rings. The van der Waals surface area contributed by atoms with Crippen LogP contribution in [0, 0.1) is 5.92 Å². The zero-order valence-electron chi connectivity index (χ0n) is 11.1. The van der Waals surface area contributed by atoms with Crippen LogP contribution in [-0.2, 0) is 0 Å². The van der Waals surface area contributed by atoms with Crippen molar-refractivity contribution in [1.29, 1.82) is 0 Å². The van der Waals surface area contributed by atoms with Gasteiger partial charge in [0.1, 0.15) is 5.75 Å². The molecule has 0 amide bonds. The second-order valence-corrected chi connectivity index (χ2v) is 4.75. The first-order chi connectivity index (χ1) is 8.11. The Morgan fingerprint density at radius 1 is 1.29 bits per heavy atom. The van der Waals surface area contributed by atoms with Gasteiger partial charge in [-0.1, -0.05) is 20.8 Å². The van der Waals surface area contributed by atoms with Gasteiger partial charge in [-0.15, -0.1) is 0 Å². The summed E-state index contributed by atoms with van der Waals surface area (Å²) >= 11 is 0. The SMILES string of the molecule is CCCOc1cc(N)cc(NCCC(C)C)c1. The monoisotopic (exact) mass is 236 g/mol. The molecule has 1 rings (SSSR count). The van der Waals surface area contributed by atoms with Gasteiger partial charge in [-0.25, -0.2) is 0 Å². The highest BCUT2D eigenvalue weighted by atomic mass is 16.5. The quantitative estimate of drug-likeness (QED) is 0.712. The van der Waals surface area contributed by atoms with Gasteiger partial charge < -0.3 is 15.8 Å². The van der Waals surface area contributed by atoms with Crippen molar-refractivity contribution in [3.63, 3.8) is 0 Å². The number of rotatable bonds is 7. The van der Waals surface area contributed by atoms with E-state index < -0.39 is 0 Å². The molecule has 3 heteroatoms. The molecule has 0 saturated carbocycles. The maximum absolute atomic E-state index is 5.84. The second-order valence-electron chi connectivity index (χ2n) is 4.75. The summed E-state index contributed by atoms with van der Waals surface area (Å²) in [7, 11) is 0. The Balaban J connectivity index is 2.55. The van der Waals surface area contributed by atoms with Gasteiger partial charge in [-0.05, 0) is 24.8 Å². The van der Waals surface area contributed by atoms with E-state index in [4.69, 9.17) is 10.5 Å². The number of nitrogens with one attached hydrogen (secondary N) is 1. The predicted molar refractivity (Wildman–Crippen MR) is 74.6 cm³/mol. The summed E-state index contributed by atoms with van der Waals surface area (Å²) in [4.78, 5) is 0. The van der Waals surface area contributed by atoms with Crippen LogP contribution in [-0.4, -0.2) is 13.2 Å². The summed E-state index contributed by atoms with van der Waals surface area (Å²) in [5.41, 5.74) is 7.62. The van der Waals surface area contributed by atoms with Crippen LogP contribution in [0.15, 0.2) is 18.2 Å². The van der Waals surface area contributed by atoms with E-state index in [2.05, 4.69) is 26.1 Å². The zero-order chi connectivity index (χ0) is 12.7. The van der Waals surface area contributed by atoms with Gasteiger partial charge in [-0.2, -0.15) is 0 Å². The summed E-state index contributed by atoms with van der Waals surface area (Å²) in [6.45, 7) is 8.23. The smallest absolute Gasteiger partial charge is 0.123 e. The summed E-state index contributed by atoms with van der Waals surface area (Å²) in [5.74, 6) is 1.55. The molecule has 0 heterocycles. The third-order valence-electron chi connectivity index (χ3n) is 2.45. The molecule has 3 N–H and O–H groups in total. The fourth-order valence-corrected chi connectivity index (χ4v) is 1.53. The Bertz CT molecular complexity index is 337. The Kier molecular flexibility index (Phi) is 5.67. The minimum Gasteiger partial charge on any atom is -0.493 e. The first-order valence-electron chi connectivity index (χ1n) is 6.39. The topological polar surface area (TPSA) is 47.3 Å². The number of nitrogen functional groups attached to an aromatic ring is 1. The van der Waals surface area contributed by atoms with E-state index in [0.717, 1.165) is 43.1 Å². The van der Waals surface area contributed by atoms with Gasteiger partial charge in [0.15, 0.2) is 0 Å². The summed E-state index contributed by atoms with van der Waals surface area (Å²) in [6.07, 6.45) is 2.16. The number of nitrogens with two attached hydrogens (primary N) is 1. The van der Waals surface area contributed by atoms with E-state index in [0.29, 0.717) is 5.92 Å². The van der Waals surface area contributed by atoms with Crippen LogP contribution in [0.2, 0.25) is 0 Å². The Morgan fingerprint density at radius 2 is 2.06 bits per heavy atom. The van der Waals surface area contributed by atoms with Crippen LogP contribution < -0.4 is 15.8 Å². The van der Waals surface area contributed by atoms with E-state index in [-0.39, 0.29) is 0 Å². The lowest BCUT2D eigenvalue weighted by atomic mass is 10.1. The lowest BCUT2D eigenvalue weighted by Gasteiger charge is -2.11. The average molecular weight is 236 g/mol. The molecule has 0 spiro atoms. The zero-order valence-corrected chi connectivity index (χ0v) is 11.1. The minimum atomic E-state index is 0.708. The molecule has 0 aromatic heterocycles. The third-order valence-corrected chi connectivity index (χ3v) is 2.45. The second kappa shape index (κ2) is 7.05. The number of hydrogen-bond donors (Lipinski definition) is 2. The lowest BCUT2D eigenvalue weighted by molar-refractivity contribution is 0.318. The van der Waals surface area contributed by atoms with Crippen molar-refractivity contribution in [2.24, 2.45) is 5.92 Å². The first kappa shape index (κ1) is 13.7. The van der Waals surface area contributed by atoms with E-state index in [1.165, 1.54) is 0 Å². The molecule has 17 heavy (non-hydrogen) atoms. The van der Waals surface area contributed by atoms with Crippen molar-refractivity contribution < 1.29 is 4.74 Å². The molecule has 0 unspecified atom stereocenters. The van der Waals surface area contributed by atoms with E-state index in [1.807, 2.05) is 18.2 Å². The normalized spacial score (nSPS) is 10.6. The van der Waals surface area contributed by atoms with Crippen molar-refractivity contribution in [3.05, 3.63) is 18.2 Å². The van der Waals surface area contributed by atoms with Crippen molar-refractivity contribution in [2.75, 3.05) is 24.2 Å². The van der Waals surface area contributed by atoms with Crippen LogP contribution in [0.5, 0.6) is 5.75 Å². The van der Waals surface area contributed by atoms with Crippen molar-refractivity contribution in [2.45, 2.75) is 33.6 Å². The minimum absolute atomic E-state index is 0.708. The molecule has 3 nitrogen and oxygen atoms in total. The van der Waals surface area contributed by atoms with Crippen molar-refractivity contribution >= 4 is 11.4 Å². The molecule has 0 aliphatic heterocycles. The molecular weight excluding hydrogens is 212 g/mol. The molecule has 0 bridgehead atoms. The maximum atomic E-state index is 5.84. The van der Waals surface area contributed by atoms with Crippen molar-refractivity contribution in [1.82, 2.24) is 0 Å². The van der Waals surface area contributed by atoms with Gasteiger partial charge >= 0.3 is 0 Å². The average Bonchev–Trinajstić information content (AvgIpc) is 2.25. The Hall–Kier alpha value is -1.38. The van der Waals surface area contributed by atoms with Crippen molar-refractivity contribution in [3.8, 4) is 5.75 Å². The van der Waals surface area contributed by atoms with Gasteiger partial charge in [-0.3, -0.25) is 0 Å². The van der Waals surface area contributed by atoms with Crippen LogP contribution in [0.25, 0.3) is 0 Å². The number of anilines is 2. The number of benzene rings is 1. The molecule has 0 atom stereocenters. The Labute approximate surface area is 104 Å². The van der Waals surface area contributed by atoms with E-state index in [9.17, 15) is 0 Å². The molecular formula is C14H24N2O. The maximum Gasteiger partial charge on any atom is 0.123 e. The molecule has 0 aliphatic carbocycles. The van der Waals surface area contributed by atoms with Gasteiger partial charge in [0.05, 0.1) is 6.61 Å². The molecule has 0 aliphatic rings. The summed E-state index contributed by atoms with van der Waals surface area (Å²) in [5, 5.41) is 3.37. The van der Waals surface area contributed by atoms with Gasteiger partial charge in [0, 0.05) is 30.1 Å².